The first-order chi connectivity index (χ1) is 17.5. The first kappa shape index (κ1) is 27.5. The van der Waals surface area contributed by atoms with Crippen molar-refractivity contribution in [1.82, 2.24) is 0 Å². The molecule has 5 aliphatic carbocycles. The van der Waals surface area contributed by atoms with Crippen LogP contribution in [0.5, 0.6) is 0 Å². The van der Waals surface area contributed by atoms with Crippen LogP contribution in [0.1, 0.15) is 107 Å². The predicted octanol–water partition coefficient (Wildman–Crippen LogP) is 4.86. The van der Waals surface area contributed by atoms with Crippen LogP contribution >= 0.6 is 0 Å². The Bertz CT molecular complexity index is 1000. The molecule has 13 atom stereocenters. The summed E-state index contributed by atoms with van der Waals surface area (Å²) in [6.07, 6.45) is 6.19. The van der Waals surface area contributed by atoms with Crippen LogP contribution in [-0.4, -0.2) is 57.4 Å². The summed E-state index contributed by atoms with van der Waals surface area (Å²) in [6, 6.07) is 0. The molecule has 0 aromatic rings. The standard InChI is InChI=1S/C32H52O6/c1-17-15-19(26(28(5,6)36)37-18(2)33)38-24-23(17)29(7)13-14-32-16-31(32)12-11-22(34)27(3,4)20(31)9-10-21(32)30(29,8)25(24)35/h17,19-26,34-36H,9-16H2,1-8H3/t17-,19-,20+,21+,22+,23-,24+,25+,26+,29-,30-,31-,32+/m1/s1. The second-order valence-electron chi connectivity index (χ2n) is 16.3. The highest BCUT2D eigenvalue weighted by Gasteiger charge is 2.84. The van der Waals surface area contributed by atoms with Crippen LogP contribution < -0.4 is 0 Å². The Labute approximate surface area is 229 Å². The van der Waals surface area contributed by atoms with Crippen LogP contribution in [-0.2, 0) is 14.3 Å². The molecule has 0 unspecified atom stereocenters. The summed E-state index contributed by atoms with van der Waals surface area (Å²) < 4.78 is 12.4. The number of carbonyl (C=O) groups excluding carboxylic acids is 1. The molecule has 6 heteroatoms. The van der Waals surface area contributed by atoms with Gasteiger partial charge in [-0.3, -0.25) is 4.79 Å². The molecule has 0 aromatic heterocycles. The topological polar surface area (TPSA) is 96.2 Å². The lowest BCUT2D eigenvalue weighted by Crippen LogP contribution is -2.59. The lowest BCUT2D eigenvalue weighted by atomic mass is 9.41. The van der Waals surface area contributed by atoms with Crippen molar-refractivity contribution >= 4 is 5.97 Å². The van der Waals surface area contributed by atoms with Crippen LogP contribution in [0.4, 0.5) is 0 Å². The van der Waals surface area contributed by atoms with E-state index in [1.54, 1.807) is 13.8 Å². The molecule has 1 heterocycles. The summed E-state index contributed by atoms with van der Waals surface area (Å²) in [5.74, 6) is 1.09. The number of carbonyl (C=O) groups is 1. The summed E-state index contributed by atoms with van der Waals surface area (Å²) in [5.41, 5.74) is -1.01. The zero-order valence-corrected chi connectivity index (χ0v) is 24.9. The predicted molar refractivity (Wildman–Crippen MR) is 144 cm³/mol. The first-order valence-corrected chi connectivity index (χ1v) is 15.4. The molecule has 0 radical (unpaired) electrons. The van der Waals surface area contributed by atoms with Crippen molar-refractivity contribution < 1.29 is 29.6 Å². The third kappa shape index (κ3) is 3.13. The molecule has 6 fully saturated rings. The van der Waals surface area contributed by atoms with E-state index in [1.807, 2.05) is 0 Å². The largest absolute Gasteiger partial charge is 0.457 e. The van der Waals surface area contributed by atoms with Gasteiger partial charge in [0, 0.05) is 12.3 Å². The number of hydrogen-bond acceptors (Lipinski definition) is 6. The molecule has 0 aromatic carbocycles. The van der Waals surface area contributed by atoms with Gasteiger partial charge in [0.2, 0.25) is 0 Å². The molecule has 3 N–H and O–H groups in total. The van der Waals surface area contributed by atoms with E-state index in [-0.39, 0.29) is 45.7 Å². The van der Waals surface area contributed by atoms with Gasteiger partial charge in [0.05, 0.1) is 30.0 Å². The van der Waals surface area contributed by atoms with Gasteiger partial charge in [-0.05, 0) is 111 Å². The molecule has 38 heavy (non-hydrogen) atoms. The number of fused-ring (bicyclic) bond motifs is 4. The minimum atomic E-state index is -1.24. The molecule has 1 saturated heterocycles. The first-order valence-electron chi connectivity index (χ1n) is 15.4. The van der Waals surface area contributed by atoms with Gasteiger partial charge in [0.1, 0.15) is 0 Å². The fourth-order valence-electron chi connectivity index (χ4n) is 12.4. The second-order valence-corrected chi connectivity index (χ2v) is 16.3. The summed E-state index contributed by atoms with van der Waals surface area (Å²) >= 11 is 0. The molecule has 1 aliphatic heterocycles. The lowest BCUT2D eigenvalue weighted by molar-refractivity contribution is -0.216. The van der Waals surface area contributed by atoms with E-state index in [4.69, 9.17) is 9.47 Å². The van der Waals surface area contributed by atoms with E-state index in [0.717, 1.165) is 32.1 Å². The SMILES string of the molecule is CC(=O)O[C@@H]([C@H]1C[C@@H](C)[C@@H]2[C@H](O1)[C@H](O)[C@@]1(C)[C@@H]3CC[C@H]4C(C)(C)[C@@H](O)CC[C@@]45C[C@@]35CC[C@]21C)C(C)(C)O. The van der Waals surface area contributed by atoms with E-state index < -0.39 is 29.9 Å². The number of rotatable bonds is 3. The average molecular weight is 533 g/mol. The molecular formula is C32H52O6. The maximum atomic E-state index is 12.3. The normalized spacial score (nSPS) is 55.4. The third-order valence-corrected chi connectivity index (χ3v) is 14.1. The highest BCUT2D eigenvalue weighted by molar-refractivity contribution is 5.66. The van der Waals surface area contributed by atoms with Crippen LogP contribution in [0.15, 0.2) is 0 Å². The Hall–Kier alpha value is -0.690. The highest BCUT2D eigenvalue weighted by atomic mass is 16.6. The smallest absolute Gasteiger partial charge is 0.303 e. The van der Waals surface area contributed by atoms with E-state index in [9.17, 15) is 20.1 Å². The van der Waals surface area contributed by atoms with Gasteiger partial charge in [-0.2, -0.15) is 0 Å². The van der Waals surface area contributed by atoms with Gasteiger partial charge in [0.15, 0.2) is 6.10 Å². The van der Waals surface area contributed by atoms with E-state index >= 15 is 0 Å². The highest BCUT2D eigenvalue weighted by Crippen LogP contribution is 2.89. The Morgan fingerprint density at radius 3 is 2.26 bits per heavy atom. The fraction of sp³-hybridized carbons (Fsp3) is 0.969. The van der Waals surface area contributed by atoms with E-state index in [0.29, 0.717) is 23.7 Å². The quantitative estimate of drug-likeness (QED) is 0.449. The molecular weight excluding hydrogens is 480 g/mol. The van der Waals surface area contributed by atoms with Gasteiger partial charge in [-0.1, -0.05) is 34.6 Å². The van der Waals surface area contributed by atoms with Crippen molar-refractivity contribution in [2.75, 3.05) is 0 Å². The summed E-state index contributed by atoms with van der Waals surface area (Å²) in [7, 11) is 0. The molecule has 5 saturated carbocycles. The lowest BCUT2D eigenvalue weighted by Gasteiger charge is -2.63. The Morgan fingerprint density at radius 1 is 1.00 bits per heavy atom. The molecule has 6 rings (SSSR count). The number of aliphatic hydroxyl groups excluding tert-OH is 2. The van der Waals surface area contributed by atoms with Crippen molar-refractivity contribution in [3.8, 4) is 0 Å². The molecule has 216 valence electrons. The van der Waals surface area contributed by atoms with Gasteiger partial charge >= 0.3 is 5.97 Å². The van der Waals surface area contributed by atoms with Gasteiger partial charge in [-0.15, -0.1) is 0 Å². The Morgan fingerprint density at radius 2 is 1.63 bits per heavy atom. The van der Waals surface area contributed by atoms with Crippen LogP contribution in [0.3, 0.4) is 0 Å². The van der Waals surface area contributed by atoms with Crippen LogP contribution in [0, 0.1) is 50.7 Å². The van der Waals surface area contributed by atoms with Crippen molar-refractivity contribution in [1.29, 1.82) is 0 Å². The molecule has 0 bridgehead atoms. The molecule has 6 nitrogen and oxygen atoms in total. The number of esters is 1. The zero-order chi connectivity index (χ0) is 27.8. The second kappa shape index (κ2) is 7.98. The van der Waals surface area contributed by atoms with Crippen molar-refractivity contribution in [2.45, 2.75) is 143 Å². The van der Waals surface area contributed by atoms with E-state index in [2.05, 4.69) is 34.6 Å². The summed E-state index contributed by atoms with van der Waals surface area (Å²) in [5, 5.41) is 34.2. The van der Waals surface area contributed by atoms with Gasteiger partial charge < -0.3 is 24.8 Å². The minimum Gasteiger partial charge on any atom is -0.457 e. The number of ether oxygens (including phenoxy) is 2. The van der Waals surface area contributed by atoms with Crippen LogP contribution in [0.2, 0.25) is 0 Å². The summed E-state index contributed by atoms with van der Waals surface area (Å²) in [6.45, 7) is 16.4. The zero-order valence-electron chi connectivity index (χ0n) is 24.9. The third-order valence-electron chi connectivity index (χ3n) is 14.1. The van der Waals surface area contributed by atoms with Gasteiger partial charge in [-0.25, -0.2) is 0 Å². The molecule has 2 spiro atoms. The molecule has 6 aliphatic rings. The maximum absolute atomic E-state index is 12.3. The average Bonchev–Trinajstić information content (AvgIpc) is 3.44. The monoisotopic (exact) mass is 532 g/mol. The molecule has 0 amide bonds. The maximum Gasteiger partial charge on any atom is 0.303 e. The Balaban J connectivity index is 1.35. The van der Waals surface area contributed by atoms with Gasteiger partial charge in [0.25, 0.3) is 0 Å². The van der Waals surface area contributed by atoms with Crippen LogP contribution in [0.25, 0.3) is 0 Å². The van der Waals surface area contributed by atoms with E-state index in [1.165, 1.54) is 19.8 Å². The number of aliphatic hydroxyl groups is 3. The minimum absolute atomic E-state index is 0.0383. The fourth-order valence-corrected chi connectivity index (χ4v) is 12.4. The Kier molecular flexibility index (Phi) is 5.77. The summed E-state index contributed by atoms with van der Waals surface area (Å²) in [4.78, 5) is 11.9. The number of hydrogen-bond donors (Lipinski definition) is 3. The van der Waals surface area contributed by atoms with Crippen molar-refractivity contribution in [3.63, 3.8) is 0 Å². The van der Waals surface area contributed by atoms with Crippen molar-refractivity contribution in [3.05, 3.63) is 0 Å². The van der Waals surface area contributed by atoms with Crippen molar-refractivity contribution in [2.24, 2.45) is 50.7 Å².